The fourth-order valence-electron chi connectivity index (χ4n) is 1.90. The Morgan fingerprint density at radius 1 is 1.58 bits per heavy atom. The van der Waals surface area contributed by atoms with E-state index in [0.717, 1.165) is 18.7 Å². The Kier molecular flexibility index (Phi) is 1.85. The molecule has 64 valence electrons. The van der Waals surface area contributed by atoms with Crippen LogP contribution in [0.2, 0.25) is 0 Å². The van der Waals surface area contributed by atoms with Crippen molar-refractivity contribution in [2.45, 2.75) is 25.7 Å². The molecule has 0 radical (unpaired) electrons. The lowest BCUT2D eigenvalue weighted by molar-refractivity contribution is 0.688. The minimum Gasteiger partial charge on any atom is -0.330 e. The quantitative estimate of drug-likeness (QED) is 0.677. The molecule has 0 fully saturated rings. The Labute approximate surface area is 72.8 Å². The number of pyridine rings is 1. The van der Waals surface area contributed by atoms with Gasteiger partial charge in [0.1, 0.15) is 0 Å². The number of hydrogen-bond acceptors (Lipinski definition) is 2. The third-order valence-corrected chi connectivity index (χ3v) is 2.60. The van der Waals surface area contributed by atoms with Crippen LogP contribution >= 0.6 is 0 Å². The minimum atomic E-state index is 0.563. The summed E-state index contributed by atoms with van der Waals surface area (Å²) in [6, 6.07) is 4.26. The van der Waals surface area contributed by atoms with Crippen LogP contribution in [0.15, 0.2) is 12.1 Å². The molecule has 0 saturated heterocycles. The maximum absolute atomic E-state index is 5.66. The van der Waals surface area contributed by atoms with Crippen molar-refractivity contribution in [3.8, 4) is 0 Å². The van der Waals surface area contributed by atoms with Gasteiger partial charge in [0.15, 0.2) is 0 Å². The van der Waals surface area contributed by atoms with Crippen LogP contribution in [-0.2, 0) is 6.42 Å². The van der Waals surface area contributed by atoms with Gasteiger partial charge in [-0.25, -0.2) is 0 Å². The Morgan fingerprint density at radius 3 is 3.17 bits per heavy atom. The van der Waals surface area contributed by atoms with E-state index in [0.29, 0.717) is 5.92 Å². The standard InChI is InChI=1S/C10H14N2/c1-7-2-4-9-8(6-11)3-5-10(9)12-7/h2,4,8H,3,5-6,11H2,1H3. The molecular formula is C10H14N2. The monoisotopic (exact) mass is 162 g/mol. The molecule has 1 aliphatic rings. The molecule has 2 N–H and O–H groups in total. The molecule has 0 saturated carbocycles. The molecule has 0 spiro atoms. The van der Waals surface area contributed by atoms with Gasteiger partial charge in [-0.1, -0.05) is 6.07 Å². The molecule has 12 heavy (non-hydrogen) atoms. The molecule has 1 aliphatic carbocycles. The number of hydrogen-bond donors (Lipinski definition) is 1. The lowest BCUT2D eigenvalue weighted by Gasteiger charge is -2.06. The maximum Gasteiger partial charge on any atom is 0.0442 e. The fraction of sp³-hybridized carbons (Fsp3) is 0.500. The summed E-state index contributed by atoms with van der Waals surface area (Å²) in [7, 11) is 0. The van der Waals surface area contributed by atoms with E-state index in [2.05, 4.69) is 17.1 Å². The fourth-order valence-corrected chi connectivity index (χ4v) is 1.90. The van der Waals surface area contributed by atoms with Gasteiger partial charge in [-0.15, -0.1) is 0 Å². The first kappa shape index (κ1) is 7.74. The second-order valence-electron chi connectivity index (χ2n) is 3.46. The van der Waals surface area contributed by atoms with Crippen molar-refractivity contribution in [2.24, 2.45) is 5.73 Å². The van der Waals surface area contributed by atoms with Gasteiger partial charge in [-0.2, -0.15) is 0 Å². The predicted molar refractivity (Wildman–Crippen MR) is 49.1 cm³/mol. The van der Waals surface area contributed by atoms with E-state index in [1.54, 1.807) is 0 Å². The van der Waals surface area contributed by atoms with Crippen molar-refractivity contribution < 1.29 is 0 Å². The number of fused-ring (bicyclic) bond motifs is 1. The highest BCUT2D eigenvalue weighted by atomic mass is 14.7. The molecule has 1 heterocycles. The van der Waals surface area contributed by atoms with Crippen LogP contribution in [0.25, 0.3) is 0 Å². The molecule has 1 atom stereocenters. The Morgan fingerprint density at radius 2 is 2.42 bits per heavy atom. The molecule has 2 rings (SSSR count). The average molecular weight is 162 g/mol. The van der Waals surface area contributed by atoms with Gasteiger partial charge in [0.05, 0.1) is 0 Å². The summed E-state index contributed by atoms with van der Waals surface area (Å²) in [4.78, 5) is 4.50. The normalized spacial score (nSPS) is 21.0. The number of nitrogens with zero attached hydrogens (tertiary/aromatic N) is 1. The molecule has 0 amide bonds. The summed E-state index contributed by atoms with van der Waals surface area (Å²) in [6.45, 7) is 2.80. The van der Waals surface area contributed by atoms with Crippen LogP contribution in [0, 0.1) is 6.92 Å². The highest BCUT2D eigenvalue weighted by Gasteiger charge is 2.21. The molecular weight excluding hydrogens is 148 g/mol. The Hall–Kier alpha value is -0.890. The van der Waals surface area contributed by atoms with Gasteiger partial charge in [0.25, 0.3) is 0 Å². The van der Waals surface area contributed by atoms with Crippen LogP contribution < -0.4 is 5.73 Å². The van der Waals surface area contributed by atoms with Gasteiger partial charge in [-0.3, -0.25) is 4.98 Å². The Balaban J connectivity index is 2.40. The highest BCUT2D eigenvalue weighted by Crippen LogP contribution is 2.30. The molecule has 0 aromatic carbocycles. The summed E-state index contributed by atoms with van der Waals surface area (Å²) in [5, 5.41) is 0. The number of aryl methyl sites for hydroxylation is 2. The molecule has 2 nitrogen and oxygen atoms in total. The van der Waals surface area contributed by atoms with E-state index in [-0.39, 0.29) is 0 Å². The van der Waals surface area contributed by atoms with Gasteiger partial charge < -0.3 is 5.73 Å². The summed E-state index contributed by atoms with van der Waals surface area (Å²) in [5.41, 5.74) is 9.42. The molecule has 0 bridgehead atoms. The third-order valence-electron chi connectivity index (χ3n) is 2.60. The first-order valence-corrected chi connectivity index (χ1v) is 4.47. The van der Waals surface area contributed by atoms with Crippen LogP contribution in [0.5, 0.6) is 0 Å². The summed E-state index contributed by atoms with van der Waals surface area (Å²) in [6.07, 6.45) is 2.29. The van der Waals surface area contributed by atoms with Crippen molar-refractivity contribution >= 4 is 0 Å². The van der Waals surface area contributed by atoms with Crippen LogP contribution in [0.3, 0.4) is 0 Å². The van der Waals surface area contributed by atoms with Crippen molar-refractivity contribution in [3.05, 3.63) is 29.1 Å². The molecule has 1 aromatic heterocycles. The van der Waals surface area contributed by atoms with Crippen molar-refractivity contribution in [2.75, 3.05) is 6.54 Å². The number of aromatic nitrogens is 1. The van der Waals surface area contributed by atoms with Crippen LogP contribution in [0.4, 0.5) is 0 Å². The van der Waals surface area contributed by atoms with E-state index in [9.17, 15) is 0 Å². The maximum atomic E-state index is 5.66. The van der Waals surface area contributed by atoms with Crippen LogP contribution in [0.1, 0.15) is 29.3 Å². The van der Waals surface area contributed by atoms with E-state index in [1.807, 2.05) is 6.92 Å². The van der Waals surface area contributed by atoms with E-state index in [1.165, 1.54) is 17.7 Å². The number of rotatable bonds is 1. The van der Waals surface area contributed by atoms with Crippen molar-refractivity contribution in [3.63, 3.8) is 0 Å². The lowest BCUT2D eigenvalue weighted by atomic mass is 10.0. The van der Waals surface area contributed by atoms with Gasteiger partial charge >= 0.3 is 0 Å². The zero-order valence-electron chi connectivity index (χ0n) is 7.38. The first-order chi connectivity index (χ1) is 5.81. The van der Waals surface area contributed by atoms with Crippen molar-refractivity contribution in [1.29, 1.82) is 0 Å². The number of nitrogens with two attached hydrogens (primary N) is 1. The Bertz CT molecular complexity index is 294. The third kappa shape index (κ3) is 1.12. The first-order valence-electron chi connectivity index (χ1n) is 4.47. The van der Waals surface area contributed by atoms with Gasteiger partial charge in [0.2, 0.25) is 0 Å². The van der Waals surface area contributed by atoms with E-state index >= 15 is 0 Å². The zero-order valence-corrected chi connectivity index (χ0v) is 7.38. The van der Waals surface area contributed by atoms with Crippen LogP contribution in [-0.4, -0.2) is 11.5 Å². The molecule has 2 heteroatoms. The van der Waals surface area contributed by atoms with E-state index in [4.69, 9.17) is 5.73 Å². The van der Waals surface area contributed by atoms with Gasteiger partial charge in [-0.05, 0) is 43.9 Å². The SMILES string of the molecule is Cc1ccc2c(n1)CCC2CN. The molecule has 1 aromatic rings. The molecule has 0 aliphatic heterocycles. The average Bonchev–Trinajstić information content (AvgIpc) is 2.46. The molecule has 1 unspecified atom stereocenters. The lowest BCUT2D eigenvalue weighted by Crippen LogP contribution is -2.09. The smallest absolute Gasteiger partial charge is 0.0442 e. The minimum absolute atomic E-state index is 0.563. The summed E-state index contributed by atoms with van der Waals surface area (Å²) < 4.78 is 0. The highest BCUT2D eigenvalue weighted by molar-refractivity contribution is 5.31. The zero-order chi connectivity index (χ0) is 8.55. The van der Waals surface area contributed by atoms with Crippen molar-refractivity contribution in [1.82, 2.24) is 4.98 Å². The van der Waals surface area contributed by atoms with Gasteiger partial charge in [0, 0.05) is 11.4 Å². The summed E-state index contributed by atoms with van der Waals surface area (Å²) >= 11 is 0. The van der Waals surface area contributed by atoms with E-state index < -0.39 is 0 Å². The topological polar surface area (TPSA) is 38.9 Å². The largest absolute Gasteiger partial charge is 0.330 e. The second-order valence-corrected chi connectivity index (χ2v) is 3.46. The predicted octanol–water partition coefficient (Wildman–Crippen LogP) is 1.38. The second kappa shape index (κ2) is 2.87. The summed E-state index contributed by atoms with van der Waals surface area (Å²) in [5.74, 6) is 0.563.